The van der Waals surface area contributed by atoms with Gasteiger partial charge in [-0.25, -0.2) is 13.6 Å². The van der Waals surface area contributed by atoms with Crippen molar-refractivity contribution in [2.24, 2.45) is 5.14 Å². The van der Waals surface area contributed by atoms with Crippen molar-refractivity contribution in [1.82, 2.24) is 0 Å². The Bertz CT molecular complexity index is 710. The number of methoxy groups -OCH3 is 1. The standard InChI is InChI=1S/C13H13NO4S/c1-18-10-5-6-12(13(15)8-10)9-3-2-4-11(7-9)19(14,16)17/h2-8,15H,1H3,(H2,14,16,17). The van der Waals surface area contributed by atoms with E-state index in [2.05, 4.69) is 0 Å². The summed E-state index contributed by atoms with van der Waals surface area (Å²) in [6.07, 6.45) is 0. The molecule has 2 rings (SSSR count). The first-order valence-corrected chi connectivity index (χ1v) is 6.96. The van der Waals surface area contributed by atoms with Gasteiger partial charge < -0.3 is 9.84 Å². The van der Waals surface area contributed by atoms with Crippen LogP contribution in [0.4, 0.5) is 0 Å². The molecule has 0 saturated carbocycles. The first-order valence-electron chi connectivity index (χ1n) is 5.42. The number of nitrogens with two attached hydrogens (primary N) is 1. The zero-order valence-electron chi connectivity index (χ0n) is 10.2. The Morgan fingerprint density at radius 2 is 1.89 bits per heavy atom. The lowest BCUT2D eigenvalue weighted by atomic mass is 10.0. The SMILES string of the molecule is COc1ccc(-c2cccc(S(N)(=O)=O)c2)c(O)c1. The maximum Gasteiger partial charge on any atom is 0.238 e. The quantitative estimate of drug-likeness (QED) is 0.895. The highest BCUT2D eigenvalue weighted by Crippen LogP contribution is 2.33. The van der Waals surface area contributed by atoms with Crippen LogP contribution in [0.5, 0.6) is 11.5 Å². The number of phenols is 1. The summed E-state index contributed by atoms with van der Waals surface area (Å²) in [5, 5.41) is 15.0. The lowest BCUT2D eigenvalue weighted by Gasteiger charge is -2.08. The number of hydrogen-bond donors (Lipinski definition) is 2. The van der Waals surface area contributed by atoms with Gasteiger partial charge in [-0.1, -0.05) is 12.1 Å². The molecule has 2 aromatic rings. The fourth-order valence-corrected chi connectivity index (χ4v) is 2.28. The van der Waals surface area contributed by atoms with Crippen LogP contribution in [0.2, 0.25) is 0 Å². The molecule has 19 heavy (non-hydrogen) atoms. The largest absolute Gasteiger partial charge is 0.507 e. The minimum atomic E-state index is -3.77. The lowest BCUT2D eigenvalue weighted by Crippen LogP contribution is -2.11. The number of hydrogen-bond acceptors (Lipinski definition) is 4. The van der Waals surface area contributed by atoms with E-state index >= 15 is 0 Å². The second-order valence-corrected chi connectivity index (χ2v) is 5.52. The van der Waals surface area contributed by atoms with E-state index < -0.39 is 10.0 Å². The average Bonchev–Trinajstić information content (AvgIpc) is 2.37. The summed E-state index contributed by atoms with van der Waals surface area (Å²) in [6, 6.07) is 10.9. The zero-order valence-corrected chi connectivity index (χ0v) is 11.0. The average molecular weight is 279 g/mol. The topological polar surface area (TPSA) is 89.6 Å². The molecule has 0 aliphatic carbocycles. The maximum absolute atomic E-state index is 11.3. The van der Waals surface area contributed by atoms with Crippen LogP contribution < -0.4 is 9.88 Å². The first kappa shape index (κ1) is 13.4. The molecule has 0 bridgehead atoms. The van der Waals surface area contributed by atoms with Gasteiger partial charge in [0.2, 0.25) is 10.0 Å². The summed E-state index contributed by atoms with van der Waals surface area (Å²) in [7, 11) is -2.27. The van der Waals surface area contributed by atoms with Gasteiger partial charge in [-0.05, 0) is 29.8 Å². The van der Waals surface area contributed by atoms with Crippen molar-refractivity contribution in [3.8, 4) is 22.6 Å². The Morgan fingerprint density at radius 3 is 2.47 bits per heavy atom. The molecule has 0 aliphatic rings. The van der Waals surface area contributed by atoms with Crippen molar-refractivity contribution in [2.75, 3.05) is 7.11 Å². The van der Waals surface area contributed by atoms with E-state index in [1.54, 1.807) is 24.3 Å². The van der Waals surface area contributed by atoms with Crippen LogP contribution in [0.3, 0.4) is 0 Å². The van der Waals surface area contributed by atoms with Gasteiger partial charge in [-0.15, -0.1) is 0 Å². The number of rotatable bonds is 3. The van der Waals surface area contributed by atoms with Crippen LogP contribution in [0, 0.1) is 0 Å². The van der Waals surface area contributed by atoms with Crippen molar-refractivity contribution < 1.29 is 18.3 Å². The number of benzene rings is 2. The molecule has 0 unspecified atom stereocenters. The Kier molecular flexibility index (Phi) is 3.46. The maximum atomic E-state index is 11.3. The number of sulfonamides is 1. The highest BCUT2D eigenvalue weighted by atomic mass is 32.2. The van der Waals surface area contributed by atoms with E-state index in [1.165, 1.54) is 25.3 Å². The monoisotopic (exact) mass is 279 g/mol. The van der Waals surface area contributed by atoms with Crippen LogP contribution in [-0.2, 0) is 10.0 Å². The van der Waals surface area contributed by atoms with E-state index in [9.17, 15) is 13.5 Å². The van der Waals surface area contributed by atoms with E-state index in [0.717, 1.165) is 0 Å². The molecule has 5 nitrogen and oxygen atoms in total. The van der Waals surface area contributed by atoms with Gasteiger partial charge in [-0.2, -0.15) is 0 Å². The predicted octanol–water partition coefficient (Wildman–Crippen LogP) is 1.72. The summed E-state index contributed by atoms with van der Waals surface area (Å²) < 4.78 is 27.6. The first-order chi connectivity index (χ1) is 8.91. The summed E-state index contributed by atoms with van der Waals surface area (Å²) >= 11 is 0. The Labute approximate surface area is 111 Å². The smallest absolute Gasteiger partial charge is 0.238 e. The molecule has 0 aliphatic heterocycles. The summed E-state index contributed by atoms with van der Waals surface area (Å²) in [4.78, 5) is 0.000202. The molecule has 2 aromatic carbocycles. The zero-order chi connectivity index (χ0) is 14.0. The van der Waals surface area contributed by atoms with Gasteiger partial charge in [0.25, 0.3) is 0 Å². The van der Waals surface area contributed by atoms with Gasteiger partial charge >= 0.3 is 0 Å². The Hall–Kier alpha value is -2.05. The van der Waals surface area contributed by atoms with E-state index in [-0.39, 0.29) is 10.6 Å². The predicted molar refractivity (Wildman–Crippen MR) is 71.5 cm³/mol. The van der Waals surface area contributed by atoms with Crippen molar-refractivity contribution in [3.63, 3.8) is 0 Å². The molecule has 6 heteroatoms. The van der Waals surface area contributed by atoms with Gasteiger partial charge in [-0.3, -0.25) is 0 Å². The third-order valence-electron chi connectivity index (χ3n) is 2.68. The van der Waals surface area contributed by atoms with Crippen LogP contribution in [0.15, 0.2) is 47.4 Å². The molecule has 0 amide bonds. The molecule has 0 aromatic heterocycles. The summed E-state index contributed by atoms with van der Waals surface area (Å²) in [5.41, 5.74) is 1.07. The molecular formula is C13H13NO4S. The Morgan fingerprint density at radius 1 is 1.16 bits per heavy atom. The molecule has 0 radical (unpaired) electrons. The number of primary sulfonamides is 1. The van der Waals surface area contributed by atoms with Gasteiger partial charge in [0.15, 0.2) is 0 Å². The van der Waals surface area contributed by atoms with Crippen molar-refractivity contribution in [1.29, 1.82) is 0 Å². The number of aromatic hydroxyl groups is 1. The van der Waals surface area contributed by atoms with Crippen LogP contribution in [-0.4, -0.2) is 20.6 Å². The molecule has 3 N–H and O–H groups in total. The Balaban J connectivity index is 2.54. The summed E-state index contributed by atoms with van der Waals surface area (Å²) in [5.74, 6) is 0.523. The van der Waals surface area contributed by atoms with Gasteiger partial charge in [0.1, 0.15) is 11.5 Å². The minimum absolute atomic E-state index is 0.000202. The van der Waals surface area contributed by atoms with Crippen LogP contribution in [0.25, 0.3) is 11.1 Å². The third kappa shape index (κ3) is 2.86. The third-order valence-corrected chi connectivity index (χ3v) is 3.59. The summed E-state index contributed by atoms with van der Waals surface area (Å²) in [6.45, 7) is 0. The number of phenolic OH excluding ortho intramolecular Hbond substituents is 1. The highest BCUT2D eigenvalue weighted by molar-refractivity contribution is 7.89. The van der Waals surface area contributed by atoms with Gasteiger partial charge in [0, 0.05) is 11.6 Å². The van der Waals surface area contributed by atoms with Crippen molar-refractivity contribution in [3.05, 3.63) is 42.5 Å². The minimum Gasteiger partial charge on any atom is -0.507 e. The lowest BCUT2D eigenvalue weighted by molar-refractivity contribution is 0.408. The van der Waals surface area contributed by atoms with Crippen molar-refractivity contribution >= 4 is 10.0 Å². The highest BCUT2D eigenvalue weighted by Gasteiger charge is 2.11. The van der Waals surface area contributed by atoms with E-state index in [0.29, 0.717) is 16.9 Å². The molecular weight excluding hydrogens is 266 g/mol. The van der Waals surface area contributed by atoms with E-state index in [4.69, 9.17) is 9.88 Å². The molecule has 0 spiro atoms. The van der Waals surface area contributed by atoms with Crippen LogP contribution in [0.1, 0.15) is 0 Å². The molecule has 0 atom stereocenters. The molecule has 0 heterocycles. The molecule has 0 saturated heterocycles. The van der Waals surface area contributed by atoms with Crippen LogP contribution >= 0.6 is 0 Å². The second kappa shape index (κ2) is 4.91. The van der Waals surface area contributed by atoms with Gasteiger partial charge in [0.05, 0.1) is 12.0 Å². The fourth-order valence-electron chi connectivity index (χ4n) is 1.72. The van der Waals surface area contributed by atoms with Crippen molar-refractivity contribution in [2.45, 2.75) is 4.90 Å². The number of ether oxygens (including phenoxy) is 1. The fraction of sp³-hybridized carbons (Fsp3) is 0.0769. The normalized spacial score (nSPS) is 11.3. The van der Waals surface area contributed by atoms with E-state index in [1.807, 2.05) is 0 Å². The molecule has 100 valence electrons. The molecule has 0 fully saturated rings. The second-order valence-electron chi connectivity index (χ2n) is 3.96.